The van der Waals surface area contributed by atoms with Crippen molar-refractivity contribution in [1.82, 2.24) is 9.55 Å². The number of aliphatic imine (C=N–C) groups is 1. The molecule has 0 amide bonds. The van der Waals surface area contributed by atoms with Gasteiger partial charge in [-0.15, -0.1) is 0 Å². The van der Waals surface area contributed by atoms with Crippen LogP contribution in [0.15, 0.2) is 101 Å². The van der Waals surface area contributed by atoms with Gasteiger partial charge >= 0.3 is 0 Å². The maximum Gasteiger partial charge on any atom is 0.260 e. The fourth-order valence-electron chi connectivity index (χ4n) is 4.51. The zero-order valence-electron chi connectivity index (χ0n) is 17.4. The normalized spacial score (nSPS) is 15.6. The van der Waals surface area contributed by atoms with Crippen LogP contribution in [0.1, 0.15) is 36.1 Å². The van der Waals surface area contributed by atoms with Gasteiger partial charge in [-0.3, -0.25) is 14.8 Å². The molecule has 2 aromatic carbocycles. The summed E-state index contributed by atoms with van der Waals surface area (Å²) in [6.45, 7) is 1.89. The largest absolute Gasteiger partial charge is 0.307 e. The zero-order valence-corrected chi connectivity index (χ0v) is 17.4. The zero-order chi connectivity index (χ0) is 21.2. The summed E-state index contributed by atoms with van der Waals surface area (Å²) in [6, 6.07) is 24.4. The van der Waals surface area contributed by atoms with E-state index in [1.54, 1.807) is 12.4 Å². The fraction of sp³-hybridized carbons (Fsp3) is 0.148. The van der Waals surface area contributed by atoms with Crippen molar-refractivity contribution in [3.05, 3.63) is 118 Å². The first-order valence-corrected chi connectivity index (χ1v) is 10.6. The van der Waals surface area contributed by atoms with Crippen molar-refractivity contribution in [3.63, 3.8) is 0 Å². The van der Waals surface area contributed by atoms with Crippen LogP contribution in [0.25, 0.3) is 11.1 Å². The minimum atomic E-state index is 0.000713. The van der Waals surface area contributed by atoms with Crippen molar-refractivity contribution in [3.8, 4) is 11.1 Å². The van der Waals surface area contributed by atoms with Crippen molar-refractivity contribution in [2.45, 2.75) is 25.8 Å². The van der Waals surface area contributed by atoms with Crippen LogP contribution in [-0.4, -0.2) is 15.3 Å². The topological polar surface area (TPSA) is 47.2 Å². The second kappa shape index (κ2) is 8.15. The van der Waals surface area contributed by atoms with Crippen molar-refractivity contribution in [1.29, 1.82) is 0 Å². The van der Waals surface area contributed by atoms with Gasteiger partial charge in [0, 0.05) is 18.6 Å². The fourth-order valence-corrected chi connectivity index (χ4v) is 4.51. The summed E-state index contributed by atoms with van der Waals surface area (Å²) in [5, 5.41) is 0. The minimum absolute atomic E-state index is 0.000713. The van der Waals surface area contributed by atoms with Gasteiger partial charge < -0.3 is 4.57 Å². The second-order valence-electron chi connectivity index (χ2n) is 7.83. The average molecular weight is 406 g/mol. The molecule has 31 heavy (non-hydrogen) atoms. The molecular formula is C27H23N3O. The van der Waals surface area contributed by atoms with E-state index >= 15 is 0 Å². The minimum Gasteiger partial charge on any atom is -0.307 e. The lowest BCUT2D eigenvalue weighted by Gasteiger charge is -2.17. The summed E-state index contributed by atoms with van der Waals surface area (Å²) < 4.78 is 1.88. The molecule has 4 nitrogen and oxygen atoms in total. The molecule has 0 aliphatic heterocycles. The second-order valence-corrected chi connectivity index (χ2v) is 7.83. The Kier molecular flexibility index (Phi) is 5.04. The van der Waals surface area contributed by atoms with Crippen LogP contribution >= 0.6 is 0 Å². The summed E-state index contributed by atoms with van der Waals surface area (Å²) in [5.41, 5.74) is 7.21. The van der Waals surface area contributed by atoms with Crippen LogP contribution in [-0.2, 0) is 6.42 Å². The molecule has 0 N–H and O–H groups in total. The molecule has 0 fully saturated rings. The van der Waals surface area contributed by atoms with E-state index in [9.17, 15) is 4.79 Å². The van der Waals surface area contributed by atoms with E-state index in [-0.39, 0.29) is 11.6 Å². The van der Waals surface area contributed by atoms with E-state index in [4.69, 9.17) is 0 Å². The Bertz CT molecular complexity index is 1310. The van der Waals surface area contributed by atoms with Gasteiger partial charge in [-0.25, -0.2) is 0 Å². The molecule has 1 atom stereocenters. The third-order valence-electron chi connectivity index (χ3n) is 5.98. The number of fused-ring (bicyclic) bond motifs is 1. The first-order chi connectivity index (χ1) is 15.2. The van der Waals surface area contributed by atoms with Gasteiger partial charge in [0.25, 0.3) is 5.56 Å². The van der Waals surface area contributed by atoms with Crippen molar-refractivity contribution in [2.75, 3.05) is 0 Å². The first-order valence-electron chi connectivity index (χ1n) is 10.6. The predicted molar refractivity (Wildman–Crippen MR) is 125 cm³/mol. The standard InChI is InChI=1S/C27H23N3O/c1-19(29-21-14-16-28-17-15-21)22-11-6-18-30(27(22)31)26-13-12-24-23(9-5-10-25(24)26)20-7-3-2-4-8-20/h2-11,14-18,26H,12-13H2,1H3. The lowest BCUT2D eigenvalue weighted by molar-refractivity contribution is 0.560. The summed E-state index contributed by atoms with van der Waals surface area (Å²) in [4.78, 5) is 22.1. The predicted octanol–water partition coefficient (Wildman–Crippen LogP) is 5.59. The van der Waals surface area contributed by atoms with Crippen molar-refractivity contribution in [2.24, 2.45) is 4.99 Å². The summed E-state index contributed by atoms with van der Waals surface area (Å²) in [6.07, 6.45) is 7.19. The number of aromatic nitrogens is 2. The Morgan fingerprint density at radius 2 is 1.77 bits per heavy atom. The Balaban J connectivity index is 1.55. The molecule has 0 radical (unpaired) electrons. The first kappa shape index (κ1) is 19.2. The SMILES string of the molecule is CC(=Nc1ccncc1)c1cccn(C2CCc3c(-c4ccccc4)cccc32)c1=O. The highest BCUT2D eigenvalue weighted by atomic mass is 16.1. The molecule has 152 valence electrons. The number of benzene rings is 2. The lowest BCUT2D eigenvalue weighted by atomic mass is 9.96. The van der Waals surface area contributed by atoms with Gasteiger partial charge in [-0.2, -0.15) is 0 Å². The molecule has 5 rings (SSSR count). The van der Waals surface area contributed by atoms with Crippen LogP contribution in [0.4, 0.5) is 5.69 Å². The highest BCUT2D eigenvalue weighted by Gasteiger charge is 2.27. The smallest absolute Gasteiger partial charge is 0.260 e. The van der Waals surface area contributed by atoms with E-state index in [1.165, 1.54) is 22.3 Å². The van der Waals surface area contributed by atoms with Crippen molar-refractivity contribution < 1.29 is 0 Å². The highest BCUT2D eigenvalue weighted by molar-refractivity contribution is 5.99. The van der Waals surface area contributed by atoms with E-state index in [0.717, 1.165) is 18.5 Å². The van der Waals surface area contributed by atoms with Crippen LogP contribution in [0.3, 0.4) is 0 Å². The Hall–Kier alpha value is -3.79. The average Bonchev–Trinajstić information content (AvgIpc) is 3.24. The lowest BCUT2D eigenvalue weighted by Crippen LogP contribution is -2.28. The molecule has 1 aliphatic rings. The van der Waals surface area contributed by atoms with E-state index < -0.39 is 0 Å². The molecule has 2 heterocycles. The van der Waals surface area contributed by atoms with Gasteiger partial charge in [-0.05, 0) is 66.3 Å². The van der Waals surface area contributed by atoms with E-state index in [2.05, 4.69) is 52.4 Å². The highest BCUT2D eigenvalue weighted by Crippen LogP contribution is 2.39. The molecule has 1 unspecified atom stereocenters. The molecule has 0 saturated carbocycles. The Morgan fingerprint density at radius 3 is 2.58 bits per heavy atom. The molecule has 1 aliphatic carbocycles. The van der Waals surface area contributed by atoms with E-state index in [0.29, 0.717) is 11.3 Å². The maximum absolute atomic E-state index is 13.4. The molecule has 0 spiro atoms. The van der Waals surface area contributed by atoms with Gasteiger partial charge in [0.1, 0.15) is 0 Å². The van der Waals surface area contributed by atoms with Crippen molar-refractivity contribution >= 4 is 11.4 Å². The molecule has 2 aromatic heterocycles. The Labute approximate surface area is 181 Å². The van der Waals surface area contributed by atoms with Gasteiger partial charge in [0.05, 0.1) is 23.0 Å². The monoisotopic (exact) mass is 405 g/mol. The van der Waals surface area contributed by atoms with Crippen LogP contribution < -0.4 is 5.56 Å². The number of hydrogen-bond donors (Lipinski definition) is 0. The summed E-state index contributed by atoms with van der Waals surface area (Å²) >= 11 is 0. The molecule has 0 saturated heterocycles. The number of rotatable bonds is 4. The Morgan fingerprint density at radius 1 is 0.968 bits per heavy atom. The van der Waals surface area contributed by atoms with Gasteiger partial charge in [-0.1, -0.05) is 48.5 Å². The quantitative estimate of drug-likeness (QED) is 0.416. The van der Waals surface area contributed by atoms with Crippen LogP contribution in [0.2, 0.25) is 0 Å². The molecule has 0 bridgehead atoms. The number of pyridine rings is 2. The third kappa shape index (κ3) is 3.61. The van der Waals surface area contributed by atoms with Gasteiger partial charge in [0.15, 0.2) is 0 Å². The van der Waals surface area contributed by atoms with E-state index in [1.807, 2.05) is 48.0 Å². The summed E-state index contributed by atoms with van der Waals surface area (Å²) in [7, 11) is 0. The molecular weight excluding hydrogens is 382 g/mol. The molecule has 4 aromatic rings. The van der Waals surface area contributed by atoms with Crippen LogP contribution in [0.5, 0.6) is 0 Å². The molecule has 4 heteroatoms. The van der Waals surface area contributed by atoms with Gasteiger partial charge in [0.2, 0.25) is 0 Å². The van der Waals surface area contributed by atoms with Crippen LogP contribution in [0, 0.1) is 0 Å². The maximum atomic E-state index is 13.4. The summed E-state index contributed by atoms with van der Waals surface area (Å²) in [5.74, 6) is 0. The number of hydrogen-bond acceptors (Lipinski definition) is 3. The number of nitrogens with zero attached hydrogens (tertiary/aromatic N) is 3. The third-order valence-corrected chi connectivity index (χ3v) is 5.98.